The fourth-order valence-corrected chi connectivity index (χ4v) is 5.81. The van der Waals surface area contributed by atoms with Crippen LogP contribution in [-0.2, 0) is 39.9 Å². The van der Waals surface area contributed by atoms with Crippen LogP contribution < -0.4 is 26.2 Å². The van der Waals surface area contributed by atoms with Crippen molar-refractivity contribution < 1.29 is 38.1 Å². The van der Waals surface area contributed by atoms with Crippen LogP contribution in [0.3, 0.4) is 0 Å². The zero-order valence-electron chi connectivity index (χ0n) is 30.2. The van der Waals surface area contributed by atoms with E-state index >= 15 is 0 Å². The lowest BCUT2D eigenvalue weighted by Crippen LogP contribution is -2.35. The highest BCUT2D eigenvalue weighted by Gasteiger charge is 2.27. The molecule has 13 heteroatoms. The molecular weight excluding hydrogens is 666 g/mol. The number of unbranched alkanes of at least 4 members (excludes halogenated alkanes) is 2. The second-order valence-electron chi connectivity index (χ2n) is 12.7. The number of fused-ring (bicyclic) bond motifs is 2. The van der Waals surface area contributed by atoms with Crippen LogP contribution in [0.4, 0.5) is 10.5 Å². The van der Waals surface area contributed by atoms with E-state index in [4.69, 9.17) is 18.9 Å². The van der Waals surface area contributed by atoms with Gasteiger partial charge in [-0.1, -0.05) is 55.0 Å². The molecule has 13 nitrogen and oxygen atoms in total. The van der Waals surface area contributed by atoms with Gasteiger partial charge in [-0.15, -0.1) is 0 Å². The smallest absolute Gasteiger partial charge is 0.315 e. The number of hydrogen-bond acceptors (Lipinski definition) is 8. The third kappa shape index (κ3) is 14.6. The Morgan fingerprint density at radius 3 is 2.06 bits per heavy atom. The second-order valence-corrected chi connectivity index (χ2v) is 12.7. The van der Waals surface area contributed by atoms with Crippen molar-refractivity contribution in [3.05, 3.63) is 65.2 Å². The molecule has 4 N–H and O–H groups in total. The van der Waals surface area contributed by atoms with Crippen LogP contribution >= 0.6 is 0 Å². The average Bonchev–Trinajstić information content (AvgIpc) is 3.46. The molecule has 52 heavy (non-hydrogen) atoms. The van der Waals surface area contributed by atoms with Crippen LogP contribution in [0, 0.1) is 11.8 Å². The van der Waals surface area contributed by atoms with E-state index in [2.05, 4.69) is 33.1 Å². The van der Waals surface area contributed by atoms with Crippen molar-refractivity contribution in [2.45, 2.75) is 70.5 Å². The minimum absolute atomic E-state index is 0.0197. The summed E-state index contributed by atoms with van der Waals surface area (Å²) in [7, 11) is 0. The Morgan fingerprint density at radius 2 is 1.33 bits per heavy atom. The van der Waals surface area contributed by atoms with Crippen molar-refractivity contribution in [2.75, 3.05) is 70.8 Å². The van der Waals surface area contributed by atoms with Gasteiger partial charge in [-0.3, -0.25) is 14.4 Å². The third-order valence-electron chi connectivity index (χ3n) is 8.69. The van der Waals surface area contributed by atoms with Gasteiger partial charge in [-0.25, -0.2) is 4.79 Å². The first kappa shape index (κ1) is 40.3. The molecule has 2 heterocycles. The minimum atomic E-state index is -0.178. The van der Waals surface area contributed by atoms with Gasteiger partial charge in [0.1, 0.15) is 0 Å². The molecule has 4 rings (SSSR count). The first-order chi connectivity index (χ1) is 25.4. The van der Waals surface area contributed by atoms with E-state index in [9.17, 15) is 19.2 Å². The van der Waals surface area contributed by atoms with Crippen LogP contribution in [0.15, 0.2) is 48.5 Å². The normalized spacial score (nSPS) is 15.9. The Bertz CT molecular complexity index is 1510. The van der Waals surface area contributed by atoms with Crippen molar-refractivity contribution in [3.8, 4) is 11.8 Å². The Morgan fingerprint density at radius 1 is 0.712 bits per heavy atom. The molecule has 5 amide bonds. The van der Waals surface area contributed by atoms with Gasteiger partial charge in [-0.05, 0) is 43.5 Å². The second kappa shape index (κ2) is 23.2. The fraction of sp³-hybridized carbons (Fsp3) is 0.538. The van der Waals surface area contributed by atoms with E-state index in [-0.39, 0.29) is 61.8 Å². The van der Waals surface area contributed by atoms with Crippen LogP contribution in [-0.4, -0.2) is 102 Å². The van der Waals surface area contributed by atoms with Crippen molar-refractivity contribution in [2.24, 2.45) is 0 Å². The summed E-state index contributed by atoms with van der Waals surface area (Å²) in [5.74, 6) is 6.16. The predicted molar refractivity (Wildman–Crippen MR) is 197 cm³/mol. The average molecular weight is 720 g/mol. The summed E-state index contributed by atoms with van der Waals surface area (Å²) in [4.78, 5) is 50.6. The number of nitrogens with one attached hydrogen (secondary N) is 4. The van der Waals surface area contributed by atoms with E-state index in [1.165, 1.54) is 0 Å². The van der Waals surface area contributed by atoms with Crippen molar-refractivity contribution in [1.82, 2.24) is 21.3 Å². The van der Waals surface area contributed by atoms with Gasteiger partial charge in [0.15, 0.2) is 0 Å². The van der Waals surface area contributed by atoms with Gasteiger partial charge in [0.05, 0.1) is 71.1 Å². The molecule has 1 saturated heterocycles. The summed E-state index contributed by atoms with van der Waals surface area (Å²) in [6.07, 6.45) is 4.51. The molecule has 1 fully saturated rings. The minimum Gasteiger partial charge on any atom is -0.379 e. The summed E-state index contributed by atoms with van der Waals surface area (Å²) in [5, 5.41) is 11.4. The molecule has 2 aromatic carbocycles. The maximum absolute atomic E-state index is 13.3. The summed E-state index contributed by atoms with van der Waals surface area (Å²) in [6.45, 7) is 6.22. The maximum Gasteiger partial charge on any atom is 0.315 e. The monoisotopic (exact) mass is 719 g/mol. The molecule has 2 aromatic rings. The van der Waals surface area contributed by atoms with E-state index in [0.29, 0.717) is 65.8 Å². The zero-order valence-corrected chi connectivity index (χ0v) is 30.2. The highest BCUT2D eigenvalue weighted by Crippen LogP contribution is 2.25. The van der Waals surface area contributed by atoms with E-state index < -0.39 is 0 Å². The molecule has 2 aliphatic rings. The highest BCUT2D eigenvalue weighted by atomic mass is 16.6. The molecule has 2 atom stereocenters. The quantitative estimate of drug-likeness (QED) is 0.0954. The standard InChI is InChI=1S/C39H53N5O8/c1-30-34(43-39(48)42-30)12-3-2-4-14-36(45)41-20-22-50-24-26-52-28-27-51-25-23-49-21-18-37(46)40-19-17-38(47)44-29-33-11-6-5-9-31(33)15-16-32-10-7-8-13-35(32)44/h5-11,13,30,34H,2-4,12,14,17-29H2,1H3,(H,40,46)(H,41,45)(H2,42,43,48)/t30-,34+/m0/s1. The molecule has 2 aliphatic heterocycles. The number of ether oxygens (including phenoxy) is 4. The molecule has 0 aromatic heterocycles. The lowest BCUT2D eigenvalue weighted by molar-refractivity contribution is -0.123. The number of nitrogens with zero attached hydrogens (tertiary/aromatic N) is 1. The number of rotatable bonds is 24. The van der Waals surface area contributed by atoms with Crippen molar-refractivity contribution in [3.63, 3.8) is 0 Å². The van der Waals surface area contributed by atoms with Gasteiger partial charge in [0.25, 0.3) is 0 Å². The van der Waals surface area contributed by atoms with Crippen LogP contribution in [0.1, 0.15) is 68.6 Å². The number of carbonyl (C=O) groups excluding carboxylic acids is 4. The summed E-state index contributed by atoms with van der Waals surface area (Å²) < 4.78 is 22.0. The number of amides is 5. The fourth-order valence-electron chi connectivity index (χ4n) is 5.81. The van der Waals surface area contributed by atoms with E-state index in [0.717, 1.165) is 48.1 Å². The topological polar surface area (TPSA) is 157 Å². The maximum atomic E-state index is 13.3. The predicted octanol–water partition coefficient (Wildman–Crippen LogP) is 3.03. The molecule has 0 aliphatic carbocycles. The highest BCUT2D eigenvalue weighted by molar-refractivity contribution is 5.95. The van der Waals surface area contributed by atoms with Crippen molar-refractivity contribution >= 4 is 29.4 Å². The Hall–Kier alpha value is -4.48. The number of hydrogen-bond donors (Lipinski definition) is 4. The molecule has 0 unspecified atom stereocenters. The number of benzene rings is 2. The van der Waals surface area contributed by atoms with Crippen LogP contribution in [0.25, 0.3) is 0 Å². The van der Waals surface area contributed by atoms with Gasteiger partial charge in [0, 0.05) is 49.5 Å². The number of carbonyl (C=O) groups is 4. The molecule has 0 saturated carbocycles. The lowest BCUT2D eigenvalue weighted by atomic mass is 10.0. The molecule has 0 spiro atoms. The van der Waals surface area contributed by atoms with Gasteiger partial charge >= 0.3 is 6.03 Å². The SMILES string of the molecule is C[C@@H]1NC(=O)N[C@@H]1CCCCCC(=O)NCCOCCOCCOCCOCCC(=O)NCCC(=O)N1Cc2ccccc2C#Cc2ccccc21. The van der Waals surface area contributed by atoms with Crippen LogP contribution in [0.5, 0.6) is 0 Å². The van der Waals surface area contributed by atoms with E-state index in [1.54, 1.807) is 4.90 Å². The van der Waals surface area contributed by atoms with Gasteiger partial charge in [0.2, 0.25) is 17.7 Å². The molecule has 0 bridgehead atoms. The van der Waals surface area contributed by atoms with Gasteiger partial charge < -0.3 is 45.1 Å². The number of para-hydroxylation sites is 1. The first-order valence-corrected chi connectivity index (χ1v) is 18.3. The lowest BCUT2D eigenvalue weighted by Gasteiger charge is -2.26. The zero-order chi connectivity index (χ0) is 36.8. The molecular formula is C39H53N5O8. The van der Waals surface area contributed by atoms with Crippen LogP contribution in [0.2, 0.25) is 0 Å². The first-order valence-electron chi connectivity index (χ1n) is 18.3. The third-order valence-corrected chi connectivity index (χ3v) is 8.69. The summed E-state index contributed by atoms with van der Waals surface area (Å²) in [5.41, 5.74) is 3.45. The largest absolute Gasteiger partial charge is 0.379 e. The Labute approximate surface area is 306 Å². The summed E-state index contributed by atoms with van der Waals surface area (Å²) >= 11 is 0. The Balaban J connectivity index is 0.909. The summed E-state index contributed by atoms with van der Waals surface area (Å²) in [6, 6.07) is 15.7. The van der Waals surface area contributed by atoms with Crippen molar-refractivity contribution in [1.29, 1.82) is 0 Å². The Kier molecular flexibility index (Phi) is 17.9. The number of anilines is 1. The molecule has 0 radical (unpaired) electrons. The van der Waals surface area contributed by atoms with Gasteiger partial charge in [-0.2, -0.15) is 0 Å². The number of urea groups is 1. The molecule has 282 valence electrons. The van der Waals surface area contributed by atoms with E-state index in [1.807, 2.05) is 55.5 Å².